The summed E-state index contributed by atoms with van der Waals surface area (Å²) in [5.41, 5.74) is 0. The predicted molar refractivity (Wildman–Crippen MR) is 165 cm³/mol. The van der Waals surface area contributed by atoms with Gasteiger partial charge in [-0.05, 0) is 123 Å². The molecule has 0 aromatic carbocycles. The Kier molecular flexibility index (Phi) is 14.5. The Bertz CT molecular complexity index is 728. The SMILES string of the molecule is CC(C)N(C(C)C)P(=S)(C#[N+]N=P(C)(N(C(C)C)C(C)C)N(C(C)C)C(C)C)N(C(C)C)C(C)C. The molecule has 0 aromatic heterocycles. The average molecular weight is 550 g/mol. The van der Waals surface area contributed by atoms with Crippen molar-refractivity contribution in [1.29, 1.82) is 0 Å². The first kappa shape index (κ1) is 35.2. The van der Waals surface area contributed by atoms with Crippen LogP contribution in [-0.4, -0.2) is 73.7 Å². The van der Waals surface area contributed by atoms with E-state index in [2.05, 4.69) is 142 Å². The van der Waals surface area contributed by atoms with E-state index < -0.39 is 13.7 Å². The molecule has 0 unspecified atom stereocenters. The molecule has 9 heteroatoms. The Morgan fingerprint density at radius 2 is 0.743 bits per heavy atom. The van der Waals surface area contributed by atoms with Gasteiger partial charge in [0.05, 0.1) is 0 Å². The molecule has 0 bridgehead atoms. The lowest BCUT2D eigenvalue weighted by Gasteiger charge is -2.46. The third-order valence-electron chi connectivity index (χ3n) is 6.12. The van der Waals surface area contributed by atoms with Gasteiger partial charge in [-0.25, -0.2) is 18.7 Å². The van der Waals surface area contributed by atoms with Crippen molar-refractivity contribution >= 4 is 25.5 Å². The van der Waals surface area contributed by atoms with Gasteiger partial charge in [-0.3, -0.25) is 0 Å². The minimum absolute atomic E-state index is 0.287. The minimum Gasteiger partial charge on any atom is -0.247 e. The van der Waals surface area contributed by atoms with Crippen LogP contribution in [0, 0.1) is 5.81 Å². The van der Waals surface area contributed by atoms with E-state index >= 15 is 0 Å². The van der Waals surface area contributed by atoms with E-state index in [1.165, 1.54) is 0 Å². The lowest BCUT2D eigenvalue weighted by Crippen LogP contribution is -2.44. The van der Waals surface area contributed by atoms with E-state index in [0.29, 0.717) is 24.2 Å². The zero-order valence-electron chi connectivity index (χ0n) is 26.1. The standard InChI is InChI=1S/C26H59N6P2S/c1-19(2)29(20(3)4)33(17,30(21(5)6)22(7)8)28-27-18-34(35,31(23(9)10)24(11)12)32(25(13)14)26(15)16/h19-26H,1-17H3/q+1. The van der Waals surface area contributed by atoms with Gasteiger partial charge in [-0.15, -0.1) is 0 Å². The van der Waals surface area contributed by atoms with E-state index in [4.69, 9.17) is 21.6 Å². The van der Waals surface area contributed by atoms with Gasteiger partial charge in [0.1, 0.15) is 9.81 Å². The summed E-state index contributed by atoms with van der Waals surface area (Å²) in [7, 11) is -2.16. The van der Waals surface area contributed by atoms with Gasteiger partial charge in [0.25, 0.3) is 0 Å². The van der Waals surface area contributed by atoms with Crippen LogP contribution in [0.2, 0.25) is 0 Å². The fraction of sp³-hybridized carbons (Fsp3) is 0.962. The number of nitrogens with zero attached hydrogens (tertiary/aromatic N) is 6. The van der Waals surface area contributed by atoms with Gasteiger partial charge in [0.15, 0.2) is 7.36 Å². The molecule has 0 aromatic rings. The summed E-state index contributed by atoms with van der Waals surface area (Å²) in [5.74, 6) is 3.55. The highest BCUT2D eigenvalue weighted by Gasteiger charge is 2.44. The molecule has 0 saturated carbocycles. The van der Waals surface area contributed by atoms with E-state index in [1.54, 1.807) is 0 Å². The fourth-order valence-electron chi connectivity index (χ4n) is 5.98. The fourth-order valence-corrected chi connectivity index (χ4v) is 15.7. The molecule has 0 rings (SSSR count). The van der Waals surface area contributed by atoms with Gasteiger partial charge in [0.2, 0.25) is 6.34 Å². The first-order chi connectivity index (χ1) is 15.8. The second-order valence-electron chi connectivity index (χ2n) is 12.0. The third-order valence-corrected chi connectivity index (χ3v) is 15.0. The lowest BCUT2D eigenvalue weighted by atomic mass is 10.3. The molecule has 208 valence electrons. The monoisotopic (exact) mass is 549 g/mol. The molecule has 0 aliphatic carbocycles. The third kappa shape index (κ3) is 8.61. The van der Waals surface area contributed by atoms with Crippen molar-refractivity contribution < 1.29 is 0 Å². The first-order valence-corrected chi connectivity index (χ1v) is 18.4. The van der Waals surface area contributed by atoms with Gasteiger partial charge >= 0.3 is 5.81 Å². The summed E-state index contributed by atoms with van der Waals surface area (Å²) in [6, 6.07) is 2.54. The Labute approximate surface area is 225 Å². The quantitative estimate of drug-likeness (QED) is 0.180. The highest BCUT2D eigenvalue weighted by molar-refractivity contribution is 8.14. The van der Waals surface area contributed by atoms with Gasteiger partial charge < -0.3 is 0 Å². The molecule has 0 fully saturated rings. The Morgan fingerprint density at radius 1 is 0.514 bits per heavy atom. The van der Waals surface area contributed by atoms with Crippen LogP contribution in [0.3, 0.4) is 0 Å². The van der Waals surface area contributed by atoms with Crippen molar-refractivity contribution in [3.05, 3.63) is 4.95 Å². The summed E-state index contributed by atoms with van der Waals surface area (Å²) in [4.78, 5) is 10.1. The van der Waals surface area contributed by atoms with Crippen LogP contribution in [0.15, 0.2) is 4.85 Å². The summed E-state index contributed by atoms with van der Waals surface area (Å²) >= 11 is 6.56. The topological polar surface area (TPSA) is 29.7 Å². The van der Waals surface area contributed by atoms with Crippen molar-refractivity contribution in [2.45, 2.75) is 159 Å². The van der Waals surface area contributed by atoms with Crippen molar-refractivity contribution in [1.82, 2.24) is 18.7 Å². The summed E-state index contributed by atoms with van der Waals surface area (Å²) in [6.07, 6.45) is -2.44. The lowest BCUT2D eigenvalue weighted by molar-refractivity contribution is 0.252. The van der Waals surface area contributed by atoms with Crippen LogP contribution >= 0.6 is 13.7 Å². The molecular formula is C26H59N6P2S+. The number of rotatable bonds is 12. The molecule has 6 nitrogen and oxygen atoms in total. The van der Waals surface area contributed by atoms with E-state index in [9.17, 15) is 0 Å². The van der Waals surface area contributed by atoms with Crippen molar-refractivity contribution in [3.8, 4) is 5.81 Å². The Morgan fingerprint density at radius 3 is 0.943 bits per heavy atom. The highest BCUT2D eigenvalue weighted by Crippen LogP contribution is 2.60. The second-order valence-corrected chi connectivity index (χ2v) is 18.6. The van der Waals surface area contributed by atoms with Crippen LogP contribution in [0.5, 0.6) is 0 Å². The maximum atomic E-state index is 6.56. The largest absolute Gasteiger partial charge is 0.386 e. The van der Waals surface area contributed by atoms with Gasteiger partial charge in [0, 0.05) is 55.0 Å². The summed E-state index contributed by atoms with van der Waals surface area (Å²) in [6.45, 7) is 38.3. The maximum Gasteiger partial charge on any atom is 0.386 e. The normalized spacial score (nSPS) is 14.0. The first-order valence-electron chi connectivity index (χ1n) is 13.6. The smallest absolute Gasteiger partial charge is 0.247 e. The molecule has 0 N–H and O–H groups in total. The van der Waals surface area contributed by atoms with Crippen molar-refractivity contribution in [2.75, 3.05) is 6.66 Å². The van der Waals surface area contributed by atoms with E-state index in [1.807, 2.05) is 0 Å². The number of hydrogen-bond donors (Lipinski definition) is 0. The van der Waals surface area contributed by atoms with Gasteiger partial charge in [-0.1, -0.05) is 0 Å². The molecule has 0 heterocycles. The van der Waals surface area contributed by atoms with Crippen LogP contribution < -0.4 is 0 Å². The Hall–Kier alpha value is 0.210. The zero-order valence-corrected chi connectivity index (χ0v) is 28.7. The maximum absolute atomic E-state index is 6.56. The molecule has 0 aliphatic rings. The summed E-state index contributed by atoms with van der Waals surface area (Å²) < 4.78 is 10.0. The molecule has 0 saturated heterocycles. The average Bonchev–Trinajstić information content (AvgIpc) is 2.57. The van der Waals surface area contributed by atoms with Crippen LogP contribution in [-0.2, 0) is 11.8 Å². The molecule has 35 heavy (non-hydrogen) atoms. The van der Waals surface area contributed by atoms with E-state index in [0.717, 1.165) is 0 Å². The molecule has 0 radical (unpaired) electrons. The molecular weight excluding hydrogens is 490 g/mol. The van der Waals surface area contributed by atoms with Crippen LogP contribution in [0.1, 0.15) is 111 Å². The highest BCUT2D eigenvalue weighted by atomic mass is 32.4. The summed E-state index contributed by atoms with van der Waals surface area (Å²) in [5, 5.41) is 0. The van der Waals surface area contributed by atoms with Crippen LogP contribution in [0.4, 0.5) is 0 Å². The van der Waals surface area contributed by atoms with Gasteiger partial charge in [-0.2, -0.15) is 0 Å². The zero-order chi connectivity index (χ0) is 28.0. The predicted octanol–water partition coefficient (Wildman–Crippen LogP) is 8.64. The van der Waals surface area contributed by atoms with Crippen molar-refractivity contribution in [2.24, 2.45) is 4.85 Å². The second kappa shape index (κ2) is 14.4. The molecule has 0 aliphatic heterocycles. The molecule has 0 spiro atoms. The number of hydrogen-bond acceptors (Lipinski definition) is 2. The van der Waals surface area contributed by atoms with Crippen molar-refractivity contribution in [3.63, 3.8) is 0 Å². The minimum atomic E-state index is -2.44. The van der Waals surface area contributed by atoms with E-state index in [-0.39, 0.29) is 24.2 Å². The Balaban J connectivity index is 7.44. The molecule has 0 amide bonds. The molecule has 0 atom stereocenters. The van der Waals surface area contributed by atoms with Crippen LogP contribution in [0.25, 0.3) is 4.95 Å².